The van der Waals surface area contributed by atoms with E-state index in [0.29, 0.717) is 0 Å². The molecule has 0 aliphatic carbocycles. The molecule has 1 aromatic heterocycles. The maximum absolute atomic E-state index is 4.22. The van der Waals surface area contributed by atoms with Crippen LogP contribution in [0.5, 0.6) is 0 Å². The minimum atomic E-state index is 1.04. The van der Waals surface area contributed by atoms with Gasteiger partial charge in [0.05, 0.1) is 12.0 Å². The van der Waals surface area contributed by atoms with Crippen LogP contribution in [0.4, 0.5) is 0 Å². The molecule has 0 bridgehead atoms. The number of H-pyrrole nitrogens is 1. The second kappa shape index (κ2) is 5.31. The van der Waals surface area contributed by atoms with Crippen LogP contribution >= 0.6 is 0 Å². The largest absolute Gasteiger partial charge is 0.348 e. The fraction of sp³-hybridized carbons (Fsp3) is 0.214. The Kier molecular flexibility index (Phi) is 3.54. The summed E-state index contributed by atoms with van der Waals surface area (Å²) in [6.07, 6.45) is 8.12. The topological polar surface area (TPSA) is 28.7 Å². The average molecular weight is 212 g/mol. The zero-order valence-corrected chi connectivity index (χ0v) is 9.48. The maximum atomic E-state index is 4.22. The molecule has 1 aromatic carbocycles. The number of hydrogen-bond acceptors (Lipinski definition) is 1. The van der Waals surface area contributed by atoms with Gasteiger partial charge in [0.25, 0.3) is 0 Å². The molecule has 0 saturated heterocycles. The predicted molar refractivity (Wildman–Crippen MR) is 67.1 cm³/mol. The third-order valence-electron chi connectivity index (χ3n) is 2.59. The summed E-state index contributed by atoms with van der Waals surface area (Å²) in [6, 6.07) is 10.5. The number of benzene rings is 1. The van der Waals surface area contributed by atoms with Crippen molar-refractivity contribution in [1.29, 1.82) is 0 Å². The van der Waals surface area contributed by atoms with Crippen LogP contribution in [0, 0.1) is 6.92 Å². The van der Waals surface area contributed by atoms with Crippen molar-refractivity contribution in [2.24, 2.45) is 0 Å². The molecule has 16 heavy (non-hydrogen) atoms. The summed E-state index contributed by atoms with van der Waals surface area (Å²) in [5, 5.41) is 0. The van der Waals surface area contributed by atoms with Crippen LogP contribution < -0.4 is 0 Å². The van der Waals surface area contributed by atoms with Crippen LogP contribution in [0.2, 0.25) is 0 Å². The number of nitrogens with zero attached hydrogens (tertiary/aromatic N) is 1. The number of nitrogens with one attached hydrogen (secondary N) is 1. The summed E-state index contributed by atoms with van der Waals surface area (Å²) >= 11 is 0. The first-order valence-corrected chi connectivity index (χ1v) is 5.56. The Morgan fingerprint density at radius 1 is 1.25 bits per heavy atom. The number of imidazole rings is 1. The minimum Gasteiger partial charge on any atom is -0.348 e. The van der Waals surface area contributed by atoms with Gasteiger partial charge >= 0.3 is 0 Å². The first kappa shape index (κ1) is 10.7. The second-order valence-electron chi connectivity index (χ2n) is 3.84. The quantitative estimate of drug-likeness (QED) is 0.827. The molecule has 2 nitrogen and oxygen atoms in total. The van der Waals surface area contributed by atoms with Crippen LogP contribution in [0.15, 0.2) is 42.7 Å². The average Bonchev–Trinajstić information content (AvgIpc) is 2.72. The van der Waals surface area contributed by atoms with Crippen molar-refractivity contribution >= 4 is 6.08 Å². The number of hydrogen-bond donors (Lipinski definition) is 1. The first-order chi connectivity index (χ1) is 7.86. The first-order valence-electron chi connectivity index (χ1n) is 5.56. The van der Waals surface area contributed by atoms with Gasteiger partial charge in [-0.05, 0) is 31.4 Å². The molecule has 0 saturated carbocycles. The van der Waals surface area contributed by atoms with E-state index in [0.717, 1.165) is 24.2 Å². The van der Waals surface area contributed by atoms with Crippen molar-refractivity contribution in [3.05, 3.63) is 59.7 Å². The van der Waals surface area contributed by atoms with E-state index in [-0.39, 0.29) is 0 Å². The lowest BCUT2D eigenvalue weighted by Crippen LogP contribution is -1.82. The van der Waals surface area contributed by atoms with Gasteiger partial charge in [0.1, 0.15) is 0 Å². The van der Waals surface area contributed by atoms with Gasteiger partial charge in [-0.1, -0.05) is 36.4 Å². The third-order valence-corrected chi connectivity index (χ3v) is 2.59. The van der Waals surface area contributed by atoms with Gasteiger partial charge in [0.15, 0.2) is 0 Å². The predicted octanol–water partition coefficient (Wildman–Crippen LogP) is 3.36. The molecular formula is C14H16N2. The van der Waals surface area contributed by atoms with Crippen molar-refractivity contribution in [3.8, 4) is 0 Å². The van der Waals surface area contributed by atoms with Crippen LogP contribution in [-0.4, -0.2) is 9.97 Å². The molecule has 0 unspecified atom stereocenters. The molecule has 0 fully saturated rings. The third kappa shape index (κ3) is 2.83. The molecule has 1 N–H and O–H groups in total. The lowest BCUT2D eigenvalue weighted by molar-refractivity contribution is 1.00. The van der Waals surface area contributed by atoms with E-state index in [9.17, 15) is 0 Å². The summed E-state index contributed by atoms with van der Waals surface area (Å²) < 4.78 is 0. The van der Waals surface area contributed by atoms with E-state index in [1.54, 1.807) is 6.33 Å². The molecule has 0 atom stereocenters. The summed E-state index contributed by atoms with van der Waals surface area (Å²) in [4.78, 5) is 7.28. The number of aromatic nitrogens is 2. The van der Waals surface area contributed by atoms with E-state index in [2.05, 4.69) is 46.4 Å². The van der Waals surface area contributed by atoms with E-state index in [1.807, 2.05) is 13.0 Å². The van der Waals surface area contributed by atoms with Gasteiger partial charge in [0, 0.05) is 5.69 Å². The standard InChI is InChI=1S/C14H16N2/c1-12-14(16-11-15-12)10-6-5-9-13-7-3-2-4-8-13/h2-4,6-8,10-11H,5,9H2,1H3,(H,15,16). The normalized spacial score (nSPS) is 11.1. The molecular weight excluding hydrogens is 196 g/mol. The lowest BCUT2D eigenvalue weighted by Gasteiger charge is -1.96. The highest BCUT2D eigenvalue weighted by atomic mass is 14.9. The smallest absolute Gasteiger partial charge is 0.0929 e. The fourth-order valence-corrected chi connectivity index (χ4v) is 1.63. The SMILES string of the molecule is Cc1[nH]cnc1C=CCCc1ccccc1. The second-order valence-corrected chi connectivity index (χ2v) is 3.84. The van der Waals surface area contributed by atoms with Gasteiger partial charge in [-0.2, -0.15) is 0 Å². The Labute approximate surface area is 96.1 Å². The molecule has 2 heteroatoms. The van der Waals surface area contributed by atoms with Crippen LogP contribution in [0.1, 0.15) is 23.4 Å². The van der Waals surface area contributed by atoms with Gasteiger partial charge in [-0.15, -0.1) is 0 Å². The fourth-order valence-electron chi connectivity index (χ4n) is 1.63. The van der Waals surface area contributed by atoms with Crippen molar-refractivity contribution < 1.29 is 0 Å². The van der Waals surface area contributed by atoms with E-state index in [4.69, 9.17) is 0 Å². The summed E-state index contributed by atoms with van der Waals surface area (Å²) in [5.74, 6) is 0. The van der Waals surface area contributed by atoms with Crippen molar-refractivity contribution in [2.75, 3.05) is 0 Å². The Bertz CT molecular complexity index is 455. The molecule has 2 rings (SSSR count). The summed E-state index contributed by atoms with van der Waals surface area (Å²) in [7, 11) is 0. The van der Waals surface area contributed by atoms with E-state index >= 15 is 0 Å². The van der Waals surface area contributed by atoms with Crippen LogP contribution in [0.3, 0.4) is 0 Å². The summed E-state index contributed by atoms with van der Waals surface area (Å²) in [5.41, 5.74) is 3.54. The van der Waals surface area contributed by atoms with E-state index in [1.165, 1.54) is 5.56 Å². The number of rotatable bonds is 4. The minimum absolute atomic E-state index is 1.04. The zero-order chi connectivity index (χ0) is 11.2. The summed E-state index contributed by atoms with van der Waals surface area (Å²) in [6.45, 7) is 2.03. The van der Waals surface area contributed by atoms with Gasteiger partial charge in [0.2, 0.25) is 0 Å². The highest BCUT2D eigenvalue weighted by molar-refractivity contribution is 5.46. The lowest BCUT2D eigenvalue weighted by atomic mass is 10.1. The Morgan fingerprint density at radius 2 is 2.06 bits per heavy atom. The number of aromatic amines is 1. The molecule has 0 radical (unpaired) electrons. The Hall–Kier alpha value is -1.83. The molecule has 82 valence electrons. The Morgan fingerprint density at radius 3 is 2.75 bits per heavy atom. The highest BCUT2D eigenvalue weighted by Crippen LogP contribution is 2.06. The van der Waals surface area contributed by atoms with Gasteiger partial charge in [-0.3, -0.25) is 0 Å². The van der Waals surface area contributed by atoms with Crippen molar-refractivity contribution in [1.82, 2.24) is 9.97 Å². The number of aryl methyl sites for hydroxylation is 2. The van der Waals surface area contributed by atoms with Crippen LogP contribution in [-0.2, 0) is 6.42 Å². The van der Waals surface area contributed by atoms with Crippen molar-refractivity contribution in [2.45, 2.75) is 19.8 Å². The monoisotopic (exact) mass is 212 g/mol. The number of allylic oxidation sites excluding steroid dienone is 1. The molecule has 0 aliphatic rings. The zero-order valence-electron chi connectivity index (χ0n) is 9.48. The molecule has 2 aromatic rings. The maximum Gasteiger partial charge on any atom is 0.0929 e. The molecule has 0 aliphatic heterocycles. The van der Waals surface area contributed by atoms with Gasteiger partial charge < -0.3 is 4.98 Å². The molecule has 1 heterocycles. The molecule has 0 amide bonds. The van der Waals surface area contributed by atoms with Crippen LogP contribution in [0.25, 0.3) is 6.08 Å². The Balaban J connectivity index is 1.85. The highest BCUT2D eigenvalue weighted by Gasteiger charge is 1.94. The van der Waals surface area contributed by atoms with Crippen molar-refractivity contribution in [3.63, 3.8) is 0 Å². The van der Waals surface area contributed by atoms with E-state index < -0.39 is 0 Å². The van der Waals surface area contributed by atoms with Gasteiger partial charge in [-0.25, -0.2) is 4.98 Å². The molecule has 0 spiro atoms.